The van der Waals surface area contributed by atoms with Gasteiger partial charge in [0.15, 0.2) is 6.61 Å². The second-order valence-electron chi connectivity index (χ2n) is 5.44. The van der Waals surface area contributed by atoms with Gasteiger partial charge in [0.25, 0.3) is 11.8 Å². The van der Waals surface area contributed by atoms with E-state index in [1.54, 1.807) is 12.1 Å². The summed E-state index contributed by atoms with van der Waals surface area (Å²) in [4.78, 5) is 35.9. The number of carbonyl (C=O) groups excluding carboxylic acids is 3. The summed E-state index contributed by atoms with van der Waals surface area (Å²) < 4.78 is 10.8. The molecule has 27 heavy (non-hydrogen) atoms. The van der Waals surface area contributed by atoms with Crippen LogP contribution in [-0.4, -0.2) is 30.9 Å². The highest BCUT2D eigenvalue weighted by atomic mass is 35.5. The number of furan rings is 1. The van der Waals surface area contributed by atoms with Gasteiger partial charge in [0, 0.05) is 10.1 Å². The fraction of sp³-hybridized carbons (Fsp3) is 0.167. The van der Waals surface area contributed by atoms with Crippen LogP contribution in [0, 0.1) is 0 Å². The monoisotopic (exact) mass is 406 g/mol. The third-order valence-corrected chi connectivity index (χ3v) is 5.21. The quantitative estimate of drug-likeness (QED) is 0.588. The molecule has 0 aliphatic rings. The normalized spacial score (nSPS) is 10.6. The number of benzene rings is 1. The van der Waals surface area contributed by atoms with E-state index >= 15 is 0 Å². The van der Waals surface area contributed by atoms with Crippen LogP contribution in [0.4, 0.5) is 0 Å². The zero-order valence-electron chi connectivity index (χ0n) is 14.0. The largest absolute Gasteiger partial charge is 0.467 e. The van der Waals surface area contributed by atoms with Crippen LogP contribution >= 0.6 is 22.9 Å². The van der Waals surface area contributed by atoms with E-state index in [1.165, 1.54) is 17.6 Å². The van der Waals surface area contributed by atoms with Crippen molar-refractivity contribution in [1.29, 1.82) is 0 Å². The Balaban J connectivity index is 1.43. The number of carbonyl (C=O) groups is 3. The number of amides is 2. The molecule has 7 nitrogen and oxygen atoms in total. The van der Waals surface area contributed by atoms with Crippen LogP contribution < -0.4 is 10.6 Å². The van der Waals surface area contributed by atoms with Crippen molar-refractivity contribution in [1.82, 2.24) is 10.6 Å². The molecule has 0 bridgehead atoms. The lowest BCUT2D eigenvalue weighted by Gasteiger charge is -2.06. The SMILES string of the molecule is O=C(COC(=O)CNC(=O)c1sc2ccccc2c1Cl)NCc1ccco1. The van der Waals surface area contributed by atoms with Gasteiger partial charge in [0.1, 0.15) is 17.2 Å². The first-order chi connectivity index (χ1) is 13.0. The fourth-order valence-electron chi connectivity index (χ4n) is 2.24. The van der Waals surface area contributed by atoms with E-state index in [4.69, 9.17) is 20.8 Å². The standard InChI is InChI=1S/C18H15ClN2O5S/c19-16-12-5-1-2-6-13(12)27-17(16)18(24)21-9-15(23)26-10-14(22)20-8-11-4-3-7-25-11/h1-7H,8-10H2,(H,20,22)(H,21,24). The molecular formula is C18H15ClN2O5S. The Morgan fingerprint density at radius 2 is 1.93 bits per heavy atom. The van der Waals surface area contributed by atoms with Crippen molar-refractivity contribution in [3.63, 3.8) is 0 Å². The first-order valence-corrected chi connectivity index (χ1v) is 9.14. The minimum absolute atomic E-state index is 0.199. The van der Waals surface area contributed by atoms with E-state index < -0.39 is 24.4 Å². The summed E-state index contributed by atoms with van der Waals surface area (Å²) in [7, 11) is 0. The minimum Gasteiger partial charge on any atom is -0.467 e. The molecule has 0 unspecified atom stereocenters. The van der Waals surface area contributed by atoms with Crippen molar-refractivity contribution in [2.24, 2.45) is 0 Å². The smallest absolute Gasteiger partial charge is 0.325 e. The van der Waals surface area contributed by atoms with Gasteiger partial charge in [-0.15, -0.1) is 11.3 Å². The molecule has 2 amide bonds. The van der Waals surface area contributed by atoms with Gasteiger partial charge < -0.3 is 19.8 Å². The zero-order chi connectivity index (χ0) is 19.2. The summed E-state index contributed by atoms with van der Waals surface area (Å²) in [6.45, 7) is -0.613. The number of halogens is 1. The maximum Gasteiger partial charge on any atom is 0.325 e. The average Bonchev–Trinajstić information content (AvgIpc) is 3.31. The van der Waals surface area contributed by atoms with Crippen LogP contribution in [0.2, 0.25) is 5.02 Å². The molecule has 2 heterocycles. The Hall–Kier alpha value is -2.84. The van der Waals surface area contributed by atoms with Crippen LogP contribution in [0.5, 0.6) is 0 Å². The van der Waals surface area contributed by atoms with Crippen molar-refractivity contribution in [3.05, 3.63) is 58.3 Å². The Morgan fingerprint density at radius 3 is 2.67 bits per heavy atom. The summed E-state index contributed by atoms with van der Waals surface area (Å²) >= 11 is 7.46. The van der Waals surface area contributed by atoms with Crippen LogP contribution in [0.15, 0.2) is 47.1 Å². The number of thiophene rings is 1. The molecule has 0 spiro atoms. The minimum atomic E-state index is -0.728. The van der Waals surface area contributed by atoms with Crippen LogP contribution in [0.1, 0.15) is 15.4 Å². The summed E-state index contributed by atoms with van der Waals surface area (Å²) in [6.07, 6.45) is 1.49. The van der Waals surface area contributed by atoms with E-state index in [0.29, 0.717) is 15.7 Å². The molecule has 3 rings (SSSR count). The highest BCUT2D eigenvalue weighted by Gasteiger charge is 2.18. The molecule has 0 aliphatic heterocycles. The van der Waals surface area contributed by atoms with Gasteiger partial charge in [-0.2, -0.15) is 0 Å². The predicted octanol–water partition coefficient (Wildman–Crippen LogP) is 2.74. The third-order valence-electron chi connectivity index (χ3n) is 3.54. The van der Waals surface area contributed by atoms with Crippen molar-refractivity contribution >= 4 is 50.8 Å². The van der Waals surface area contributed by atoms with E-state index in [9.17, 15) is 14.4 Å². The van der Waals surface area contributed by atoms with Gasteiger partial charge in [-0.1, -0.05) is 29.8 Å². The van der Waals surface area contributed by atoms with Gasteiger partial charge in [-0.3, -0.25) is 14.4 Å². The Labute approximate surface area is 163 Å². The van der Waals surface area contributed by atoms with Crippen molar-refractivity contribution in [3.8, 4) is 0 Å². The molecule has 0 radical (unpaired) electrons. The second-order valence-corrected chi connectivity index (χ2v) is 6.87. The molecule has 2 aromatic heterocycles. The molecule has 2 N–H and O–H groups in total. The number of fused-ring (bicyclic) bond motifs is 1. The molecule has 140 valence electrons. The summed E-state index contributed by atoms with van der Waals surface area (Å²) in [6, 6.07) is 10.8. The molecule has 0 atom stereocenters. The number of hydrogen-bond donors (Lipinski definition) is 2. The van der Waals surface area contributed by atoms with Gasteiger partial charge in [0.2, 0.25) is 0 Å². The average molecular weight is 407 g/mol. The summed E-state index contributed by atoms with van der Waals surface area (Å²) in [5.74, 6) is -1.09. The number of hydrogen-bond acceptors (Lipinski definition) is 6. The topological polar surface area (TPSA) is 97.6 Å². The van der Waals surface area contributed by atoms with E-state index in [-0.39, 0.29) is 13.1 Å². The maximum atomic E-state index is 12.2. The molecule has 9 heteroatoms. The highest BCUT2D eigenvalue weighted by Crippen LogP contribution is 2.34. The Morgan fingerprint density at radius 1 is 1.11 bits per heavy atom. The highest BCUT2D eigenvalue weighted by molar-refractivity contribution is 7.21. The fourth-order valence-corrected chi connectivity index (χ4v) is 3.67. The van der Waals surface area contributed by atoms with Crippen molar-refractivity contribution < 1.29 is 23.5 Å². The van der Waals surface area contributed by atoms with Crippen LogP contribution in [-0.2, 0) is 20.9 Å². The lowest BCUT2D eigenvalue weighted by molar-refractivity contribution is -0.147. The summed E-state index contributed by atoms with van der Waals surface area (Å²) in [5, 5.41) is 6.11. The number of esters is 1. The number of ether oxygens (including phenoxy) is 1. The number of rotatable bonds is 7. The van der Waals surface area contributed by atoms with Gasteiger partial charge in [0.05, 0.1) is 17.8 Å². The number of nitrogens with one attached hydrogen (secondary N) is 2. The van der Waals surface area contributed by atoms with Gasteiger partial charge in [-0.05, 0) is 18.2 Å². The lowest BCUT2D eigenvalue weighted by Crippen LogP contribution is -2.33. The first kappa shape index (κ1) is 18.9. The van der Waals surface area contributed by atoms with Crippen molar-refractivity contribution in [2.75, 3.05) is 13.2 Å². The molecule has 0 saturated heterocycles. The predicted molar refractivity (Wildman–Crippen MR) is 101 cm³/mol. The molecule has 1 aromatic carbocycles. The molecule has 0 saturated carbocycles. The first-order valence-electron chi connectivity index (χ1n) is 7.94. The molecule has 3 aromatic rings. The van der Waals surface area contributed by atoms with E-state index in [1.807, 2.05) is 24.3 Å². The van der Waals surface area contributed by atoms with Crippen LogP contribution in [0.25, 0.3) is 10.1 Å². The second kappa shape index (κ2) is 8.70. The molecular weight excluding hydrogens is 392 g/mol. The van der Waals surface area contributed by atoms with Gasteiger partial charge >= 0.3 is 5.97 Å². The summed E-state index contributed by atoms with van der Waals surface area (Å²) in [5.41, 5.74) is 0. The Kier molecular flexibility index (Phi) is 6.10. The van der Waals surface area contributed by atoms with E-state index in [2.05, 4.69) is 10.6 Å². The van der Waals surface area contributed by atoms with Crippen molar-refractivity contribution in [2.45, 2.75) is 6.54 Å². The van der Waals surface area contributed by atoms with E-state index in [0.717, 1.165) is 10.1 Å². The van der Waals surface area contributed by atoms with Gasteiger partial charge in [-0.25, -0.2) is 0 Å². The third kappa shape index (κ3) is 4.87. The zero-order valence-corrected chi connectivity index (χ0v) is 15.6. The molecule has 0 fully saturated rings. The molecule has 0 aliphatic carbocycles. The Bertz CT molecular complexity index is 967. The maximum absolute atomic E-state index is 12.2. The lowest BCUT2D eigenvalue weighted by atomic mass is 10.2. The van der Waals surface area contributed by atoms with Crippen LogP contribution in [0.3, 0.4) is 0 Å².